The standard InChI is InChI=1S/C18H25BrN6.HI/c1-20-17(21-11-16-24-23-13-25(16)2)22-12-18(9-3-4-10-18)14-5-7-15(19)8-6-14;/h5-8,13H,3-4,9-12H2,1-2H3,(H2,20,21,22);1H. The van der Waals surface area contributed by atoms with Crippen LogP contribution in [0.5, 0.6) is 0 Å². The number of hydrogen-bond acceptors (Lipinski definition) is 3. The average molecular weight is 533 g/mol. The van der Waals surface area contributed by atoms with E-state index >= 15 is 0 Å². The third-order valence-electron chi connectivity index (χ3n) is 5.05. The minimum atomic E-state index is 0. The van der Waals surface area contributed by atoms with E-state index in [9.17, 15) is 0 Å². The highest BCUT2D eigenvalue weighted by Gasteiger charge is 2.35. The third-order valence-corrected chi connectivity index (χ3v) is 5.58. The maximum absolute atomic E-state index is 4.35. The number of nitrogens with one attached hydrogen (secondary N) is 2. The highest BCUT2D eigenvalue weighted by atomic mass is 127. The Kier molecular flexibility index (Phi) is 7.87. The van der Waals surface area contributed by atoms with E-state index in [1.807, 2.05) is 11.6 Å². The molecule has 142 valence electrons. The molecule has 8 heteroatoms. The van der Waals surface area contributed by atoms with E-state index in [2.05, 4.69) is 66.0 Å². The summed E-state index contributed by atoms with van der Waals surface area (Å²) >= 11 is 3.53. The number of benzene rings is 1. The predicted molar refractivity (Wildman–Crippen MR) is 119 cm³/mol. The molecule has 0 radical (unpaired) electrons. The molecule has 0 spiro atoms. The molecule has 0 bridgehead atoms. The molecule has 3 rings (SSSR count). The van der Waals surface area contributed by atoms with E-state index < -0.39 is 0 Å². The van der Waals surface area contributed by atoms with Gasteiger partial charge in [-0.3, -0.25) is 4.99 Å². The fraction of sp³-hybridized carbons (Fsp3) is 0.500. The van der Waals surface area contributed by atoms with Gasteiger partial charge in [-0.1, -0.05) is 40.9 Å². The number of aliphatic imine (C=N–C) groups is 1. The van der Waals surface area contributed by atoms with Crippen molar-refractivity contribution < 1.29 is 0 Å². The van der Waals surface area contributed by atoms with Crippen LogP contribution in [0.1, 0.15) is 37.1 Å². The number of rotatable bonds is 5. The number of halogens is 2. The number of aryl methyl sites for hydroxylation is 1. The van der Waals surface area contributed by atoms with Gasteiger partial charge in [0.1, 0.15) is 6.33 Å². The molecule has 1 aromatic carbocycles. The van der Waals surface area contributed by atoms with Crippen LogP contribution >= 0.6 is 39.9 Å². The van der Waals surface area contributed by atoms with Gasteiger partial charge in [0.05, 0.1) is 6.54 Å². The normalized spacial score (nSPS) is 16.2. The number of nitrogens with zero attached hydrogens (tertiary/aromatic N) is 4. The van der Waals surface area contributed by atoms with Crippen molar-refractivity contribution in [2.24, 2.45) is 12.0 Å². The molecule has 1 heterocycles. The monoisotopic (exact) mass is 532 g/mol. The molecule has 6 nitrogen and oxygen atoms in total. The molecule has 0 saturated heterocycles. The van der Waals surface area contributed by atoms with E-state index in [1.165, 1.54) is 31.2 Å². The van der Waals surface area contributed by atoms with E-state index in [4.69, 9.17) is 0 Å². The van der Waals surface area contributed by atoms with Crippen molar-refractivity contribution in [2.45, 2.75) is 37.6 Å². The Bertz CT molecular complexity index is 722. The number of guanidine groups is 1. The van der Waals surface area contributed by atoms with Crippen molar-refractivity contribution in [3.63, 3.8) is 0 Å². The molecule has 0 aliphatic heterocycles. The first kappa shape index (κ1) is 21.1. The summed E-state index contributed by atoms with van der Waals surface area (Å²) in [7, 11) is 3.74. The molecule has 0 amide bonds. The van der Waals surface area contributed by atoms with Crippen LogP contribution in [-0.4, -0.2) is 34.3 Å². The second-order valence-corrected chi connectivity index (χ2v) is 7.55. The molecule has 1 aromatic heterocycles. The molecule has 2 N–H and O–H groups in total. The highest BCUT2D eigenvalue weighted by Crippen LogP contribution is 2.40. The molecule has 2 aromatic rings. The summed E-state index contributed by atoms with van der Waals surface area (Å²) in [5.74, 6) is 1.68. The Morgan fingerprint density at radius 2 is 1.92 bits per heavy atom. The molecule has 1 saturated carbocycles. The first-order chi connectivity index (χ1) is 12.1. The zero-order valence-corrected chi connectivity index (χ0v) is 19.1. The van der Waals surface area contributed by atoms with Gasteiger partial charge < -0.3 is 15.2 Å². The van der Waals surface area contributed by atoms with Crippen molar-refractivity contribution in [1.82, 2.24) is 25.4 Å². The fourth-order valence-corrected chi connectivity index (χ4v) is 3.79. The van der Waals surface area contributed by atoms with Gasteiger partial charge in [-0.05, 0) is 30.5 Å². The van der Waals surface area contributed by atoms with Crippen LogP contribution in [-0.2, 0) is 19.0 Å². The molecule has 0 atom stereocenters. The highest BCUT2D eigenvalue weighted by molar-refractivity contribution is 14.0. The van der Waals surface area contributed by atoms with Gasteiger partial charge in [0.25, 0.3) is 0 Å². The van der Waals surface area contributed by atoms with Crippen LogP contribution in [0, 0.1) is 0 Å². The molecule has 0 unspecified atom stereocenters. The van der Waals surface area contributed by atoms with Gasteiger partial charge in [-0.15, -0.1) is 34.2 Å². The Hall–Kier alpha value is -1.16. The fourth-order valence-electron chi connectivity index (χ4n) is 3.53. The summed E-state index contributed by atoms with van der Waals surface area (Å²) in [6.07, 6.45) is 6.68. The van der Waals surface area contributed by atoms with Crippen LogP contribution in [0.2, 0.25) is 0 Å². The summed E-state index contributed by atoms with van der Waals surface area (Å²) in [5, 5.41) is 14.8. The van der Waals surface area contributed by atoms with Crippen LogP contribution in [0.3, 0.4) is 0 Å². The van der Waals surface area contributed by atoms with Gasteiger partial charge in [-0.2, -0.15) is 0 Å². The molecule has 1 aliphatic rings. The zero-order valence-electron chi connectivity index (χ0n) is 15.2. The Morgan fingerprint density at radius 1 is 1.23 bits per heavy atom. The minimum absolute atomic E-state index is 0. The quantitative estimate of drug-likeness (QED) is 0.352. The van der Waals surface area contributed by atoms with Crippen molar-refractivity contribution in [3.05, 3.63) is 46.5 Å². The molecule has 26 heavy (non-hydrogen) atoms. The second-order valence-electron chi connectivity index (χ2n) is 6.63. The van der Waals surface area contributed by atoms with Gasteiger partial charge in [-0.25, -0.2) is 0 Å². The maximum Gasteiger partial charge on any atom is 0.191 e. The van der Waals surface area contributed by atoms with Crippen LogP contribution in [0.15, 0.2) is 40.1 Å². The van der Waals surface area contributed by atoms with Crippen molar-refractivity contribution in [3.8, 4) is 0 Å². The lowest BCUT2D eigenvalue weighted by Crippen LogP contribution is -2.44. The lowest BCUT2D eigenvalue weighted by Gasteiger charge is -2.31. The Balaban J connectivity index is 0.00000243. The lowest BCUT2D eigenvalue weighted by atomic mass is 9.79. The smallest absolute Gasteiger partial charge is 0.191 e. The number of aromatic nitrogens is 3. The van der Waals surface area contributed by atoms with Gasteiger partial charge in [0.2, 0.25) is 0 Å². The topological polar surface area (TPSA) is 67.1 Å². The van der Waals surface area contributed by atoms with Gasteiger partial charge in [0, 0.05) is 30.5 Å². The Morgan fingerprint density at radius 3 is 2.50 bits per heavy atom. The van der Waals surface area contributed by atoms with Crippen molar-refractivity contribution >= 4 is 45.9 Å². The first-order valence-corrected chi connectivity index (χ1v) is 9.46. The second kappa shape index (κ2) is 9.68. The van der Waals surface area contributed by atoms with E-state index in [0.29, 0.717) is 6.54 Å². The molecule has 1 fully saturated rings. The molecular weight excluding hydrogens is 507 g/mol. The van der Waals surface area contributed by atoms with Crippen molar-refractivity contribution in [2.75, 3.05) is 13.6 Å². The molecule has 1 aliphatic carbocycles. The van der Waals surface area contributed by atoms with Gasteiger partial charge >= 0.3 is 0 Å². The summed E-state index contributed by atoms with van der Waals surface area (Å²) in [4.78, 5) is 4.35. The third kappa shape index (κ3) is 4.97. The SMILES string of the molecule is CN=C(NCc1nncn1C)NCC1(c2ccc(Br)cc2)CCCC1.I. The van der Waals surface area contributed by atoms with Crippen LogP contribution < -0.4 is 10.6 Å². The van der Waals surface area contributed by atoms with Gasteiger partial charge in [0.15, 0.2) is 11.8 Å². The summed E-state index contributed by atoms with van der Waals surface area (Å²) in [5.41, 5.74) is 1.59. The first-order valence-electron chi connectivity index (χ1n) is 8.66. The predicted octanol–water partition coefficient (Wildman–Crippen LogP) is 3.37. The maximum atomic E-state index is 4.35. The number of hydrogen-bond donors (Lipinski definition) is 2. The minimum Gasteiger partial charge on any atom is -0.356 e. The zero-order chi connectivity index (χ0) is 17.7. The van der Waals surface area contributed by atoms with E-state index in [0.717, 1.165) is 22.8 Å². The van der Waals surface area contributed by atoms with E-state index in [-0.39, 0.29) is 29.4 Å². The average Bonchev–Trinajstić information content (AvgIpc) is 3.26. The summed E-state index contributed by atoms with van der Waals surface area (Å²) in [6, 6.07) is 8.76. The Labute approximate surface area is 180 Å². The lowest BCUT2D eigenvalue weighted by molar-refractivity contribution is 0.431. The van der Waals surface area contributed by atoms with Crippen LogP contribution in [0.25, 0.3) is 0 Å². The summed E-state index contributed by atoms with van der Waals surface area (Å²) in [6.45, 7) is 1.48. The molecular formula is C18H26BrIN6. The van der Waals surface area contributed by atoms with Crippen LogP contribution in [0.4, 0.5) is 0 Å². The summed E-state index contributed by atoms with van der Waals surface area (Å²) < 4.78 is 3.03. The van der Waals surface area contributed by atoms with E-state index in [1.54, 1.807) is 13.4 Å². The van der Waals surface area contributed by atoms with Crippen molar-refractivity contribution in [1.29, 1.82) is 0 Å². The largest absolute Gasteiger partial charge is 0.356 e.